The first kappa shape index (κ1) is 9.49. The fourth-order valence-corrected chi connectivity index (χ4v) is 1.88. The first-order valence-corrected chi connectivity index (χ1v) is 4.84. The Labute approximate surface area is 87.2 Å². The molecule has 0 radical (unpaired) electrons. The fourth-order valence-electron chi connectivity index (χ4n) is 1.68. The van der Waals surface area contributed by atoms with Crippen molar-refractivity contribution in [2.24, 2.45) is 5.73 Å². The van der Waals surface area contributed by atoms with E-state index < -0.39 is 0 Å². The van der Waals surface area contributed by atoms with E-state index in [9.17, 15) is 4.79 Å². The molecule has 0 bridgehead atoms. The van der Waals surface area contributed by atoms with Crippen LogP contribution in [0.1, 0.15) is 11.1 Å². The van der Waals surface area contributed by atoms with Crippen molar-refractivity contribution in [2.75, 3.05) is 0 Å². The first-order chi connectivity index (χ1) is 6.66. The summed E-state index contributed by atoms with van der Waals surface area (Å²) in [6, 6.07) is 5.46. The van der Waals surface area contributed by atoms with Crippen molar-refractivity contribution in [3.05, 3.63) is 34.3 Å². The van der Waals surface area contributed by atoms with Crippen molar-refractivity contribution < 1.29 is 4.79 Å². The molecule has 2 rings (SSSR count). The summed E-state index contributed by atoms with van der Waals surface area (Å²) in [6.45, 7) is 0.681. The Balaban J connectivity index is 2.29. The third kappa shape index (κ3) is 1.74. The van der Waals surface area contributed by atoms with E-state index in [0.29, 0.717) is 18.0 Å². The first-order valence-electron chi connectivity index (χ1n) is 4.47. The van der Waals surface area contributed by atoms with Gasteiger partial charge in [0.05, 0.1) is 6.04 Å². The Morgan fingerprint density at radius 2 is 2.29 bits per heavy atom. The monoisotopic (exact) mass is 210 g/mol. The second-order valence-electron chi connectivity index (χ2n) is 3.45. The maximum Gasteiger partial charge on any atom is 0.234 e. The van der Waals surface area contributed by atoms with Crippen LogP contribution in [0.5, 0.6) is 0 Å². The molecule has 0 aromatic heterocycles. The number of rotatable bonds is 1. The predicted octanol–water partition coefficient (Wildman–Crippen LogP) is 0.840. The lowest BCUT2D eigenvalue weighted by molar-refractivity contribution is -0.120. The van der Waals surface area contributed by atoms with E-state index in [1.165, 1.54) is 5.56 Å². The van der Waals surface area contributed by atoms with Crippen molar-refractivity contribution in [3.8, 4) is 0 Å². The Morgan fingerprint density at radius 3 is 3.00 bits per heavy atom. The van der Waals surface area contributed by atoms with Gasteiger partial charge in [0.2, 0.25) is 5.91 Å². The molecule has 0 unspecified atom stereocenters. The summed E-state index contributed by atoms with van der Waals surface area (Å²) in [4.78, 5) is 11.0. The van der Waals surface area contributed by atoms with E-state index in [1.54, 1.807) is 0 Å². The van der Waals surface area contributed by atoms with Gasteiger partial charge in [-0.25, -0.2) is 0 Å². The molecule has 0 spiro atoms. The van der Waals surface area contributed by atoms with E-state index in [1.807, 2.05) is 18.2 Å². The van der Waals surface area contributed by atoms with Crippen molar-refractivity contribution in [2.45, 2.75) is 19.0 Å². The van der Waals surface area contributed by atoms with E-state index in [2.05, 4.69) is 5.32 Å². The topological polar surface area (TPSA) is 55.1 Å². The highest BCUT2D eigenvalue weighted by Gasteiger charge is 2.21. The maximum atomic E-state index is 11.0. The third-order valence-electron chi connectivity index (χ3n) is 2.47. The summed E-state index contributed by atoms with van der Waals surface area (Å²) in [6.07, 6.45) is 0.630. The summed E-state index contributed by atoms with van der Waals surface area (Å²) < 4.78 is 0. The molecule has 1 heterocycles. The molecule has 0 saturated carbocycles. The van der Waals surface area contributed by atoms with Gasteiger partial charge in [0, 0.05) is 11.6 Å². The summed E-state index contributed by atoms with van der Waals surface area (Å²) in [5.41, 5.74) is 7.53. The van der Waals surface area contributed by atoms with Gasteiger partial charge in [0.1, 0.15) is 0 Å². The molecule has 1 aliphatic heterocycles. The van der Waals surface area contributed by atoms with E-state index in [-0.39, 0.29) is 11.9 Å². The van der Waals surface area contributed by atoms with Crippen LogP contribution in [0.25, 0.3) is 0 Å². The summed E-state index contributed by atoms with van der Waals surface area (Å²) in [5.74, 6) is -0.310. The van der Waals surface area contributed by atoms with Crippen LogP contribution in [-0.2, 0) is 17.8 Å². The number of fused-ring (bicyclic) bond motifs is 1. The molecule has 1 atom stereocenters. The van der Waals surface area contributed by atoms with Crippen LogP contribution in [0.3, 0.4) is 0 Å². The SMILES string of the molecule is NC(=O)[C@H]1Cc2cc(Cl)ccc2CN1. The average Bonchev–Trinajstić information content (AvgIpc) is 2.16. The lowest BCUT2D eigenvalue weighted by Gasteiger charge is -2.23. The van der Waals surface area contributed by atoms with Gasteiger partial charge in [-0.15, -0.1) is 0 Å². The molecule has 1 aromatic rings. The molecular formula is C10H11ClN2O. The van der Waals surface area contributed by atoms with Crippen LogP contribution in [-0.4, -0.2) is 11.9 Å². The lowest BCUT2D eigenvalue weighted by Crippen LogP contribution is -2.45. The average molecular weight is 211 g/mol. The van der Waals surface area contributed by atoms with Gasteiger partial charge in [0.15, 0.2) is 0 Å². The number of carbonyl (C=O) groups excluding carboxylic acids is 1. The molecule has 1 aliphatic rings. The van der Waals surface area contributed by atoms with Gasteiger partial charge >= 0.3 is 0 Å². The van der Waals surface area contributed by atoms with Gasteiger partial charge in [-0.2, -0.15) is 0 Å². The van der Waals surface area contributed by atoms with Crippen molar-refractivity contribution >= 4 is 17.5 Å². The molecule has 0 saturated heterocycles. The number of nitrogens with one attached hydrogen (secondary N) is 1. The Morgan fingerprint density at radius 1 is 1.50 bits per heavy atom. The standard InChI is InChI=1S/C10H11ClN2O/c11-8-2-1-6-5-13-9(10(12)14)4-7(6)3-8/h1-3,9,13H,4-5H2,(H2,12,14)/t9-/m1/s1. The third-order valence-corrected chi connectivity index (χ3v) is 2.71. The summed E-state index contributed by atoms with van der Waals surface area (Å²) >= 11 is 5.87. The number of carbonyl (C=O) groups is 1. The number of hydrogen-bond acceptors (Lipinski definition) is 2. The minimum Gasteiger partial charge on any atom is -0.368 e. The van der Waals surface area contributed by atoms with E-state index in [0.717, 1.165) is 5.56 Å². The molecule has 0 fully saturated rings. The normalized spacial score (nSPS) is 20.2. The lowest BCUT2D eigenvalue weighted by atomic mass is 9.96. The molecule has 0 aliphatic carbocycles. The van der Waals surface area contributed by atoms with Gasteiger partial charge in [-0.3, -0.25) is 4.79 Å². The minimum atomic E-state index is -0.310. The molecule has 74 valence electrons. The van der Waals surface area contributed by atoms with Crippen LogP contribution >= 0.6 is 11.6 Å². The van der Waals surface area contributed by atoms with E-state index in [4.69, 9.17) is 17.3 Å². The molecular weight excluding hydrogens is 200 g/mol. The van der Waals surface area contributed by atoms with Crippen molar-refractivity contribution in [1.82, 2.24) is 5.32 Å². The molecule has 4 heteroatoms. The van der Waals surface area contributed by atoms with Crippen LogP contribution in [0.15, 0.2) is 18.2 Å². The molecule has 14 heavy (non-hydrogen) atoms. The van der Waals surface area contributed by atoms with Crippen LogP contribution in [0, 0.1) is 0 Å². The quantitative estimate of drug-likeness (QED) is 0.722. The zero-order valence-corrected chi connectivity index (χ0v) is 8.34. The van der Waals surface area contributed by atoms with Crippen molar-refractivity contribution in [1.29, 1.82) is 0 Å². The minimum absolute atomic E-state index is 0.263. The number of primary amides is 1. The smallest absolute Gasteiger partial charge is 0.234 e. The second-order valence-corrected chi connectivity index (χ2v) is 3.89. The van der Waals surface area contributed by atoms with Crippen LogP contribution < -0.4 is 11.1 Å². The molecule has 1 amide bonds. The molecule has 3 N–H and O–H groups in total. The number of amides is 1. The van der Waals surface area contributed by atoms with Gasteiger partial charge in [-0.1, -0.05) is 17.7 Å². The maximum absolute atomic E-state index is 11.0. The van der Waals surface area contributed by atoms with Crippen LogP contribution in [0.2, 0.25) is 5.02 Å². The van der Waals surface area contributed by atoms with E-state index >= 15 is 0 Å². The highest BCUT2D eigenvalue weighted by Crippen LogP contribution is 2.20. The van der Waals surface area contributed by atoms with Gasteiger partial charge in [0.25, 0.3) is 0 Å². The summed E-state index contributed by atoms with van der Waals surface area (Å²) in [5, 5.41) is 3.78. The Hall–Kier alpha value is -1.06. The van der Waals surface area contributed by atoms with Crippen LogP contribution in [0.4, 0.5) is 0 Å². The number of nitrogens with two attached hydrogens (primary N) is 1. The largest absolute Gasteiger partial charge is 0.368 e. The predicted molar refractivity (Wildman–Crippen MR) is 55.0 cm³/mol. The zero-order valence-electron chi connectivity index (χ0n) is 7.59. The fraction of sp³-hybridized carbons (Fsp3) is 0.300. The van der Waals surface area contributed by atoms with Gasteiger partial charge < -0.3 is 11.1 Å². The number of halogens is 1. The second kappa shape index (κ2) is 3.59. The van der Waals surface area contributed by atoms with Crippen molar-refractivity contribution in [3.63, 3.8) is 0 Å². The highest BCUT2D eigenvalue weighted by molar-refractivity contribution is 6.30. The molecule has 3 nitrogen and oxygen atoms in total. The summed E-state index contributed by atoms with van der Waals surface area (Å²) in [7, 11) is 0. The number of benzene rings is 1. The Bertz CT molecular complexity index is 378. The Kier molecular flexibility index (Phi) is 2.44. The molecule has 1 aromatic carbocycles. The zero-order chi connectivity index (χ0) is 10.1. The highest BCUT2D eigenvalue weighted by atomic mass is 35.5. The van der Waals surface area contributed by atoms with Gasteiger partial charge in [-0.05, 0) is 29.7 Å². The number of hydrogen-bond donors (Lipinski definition) is 2.